The SMILES string of the molecule is COc1ccc(-c2nnc(SCC(=O)NN=Cc3cc(Br)ccc3F)n2-c2ccc(Cl)cc2)cc1. The first kappa shape index (κ1) is 24.9. The molecule has 0 spiro atoms. The maximum Gasteiger partial charge on any atom is 0.250 e. The van der Waals surface area contributed by atoms with Crippen molar-refractivity contribution in [3.63, 3.8) is 0 Å². The molecule has 11 heteroatoms. The number of rotatable bonds is 8. The Morgan fingerprint density at radius 3 is 2.63 bits per heavy atom. The van der Waals surface area contributed by atoms with Crippen molar-refractivity contribution < 1.29 is 13.9 Å². The van der Waals surface area contributed by atoms with Gasteiger partial charge in [0.15, 0.2) is 11.0 Å². The highest BCUT2D eigenvalue weighted by molar-refractivity contribution is 9.10. The first-order valence-electron chi connectivity index (χ1n) is 10.2. The van der Waals surface area contributed by atoms with E-state index in [1.54, 1.807) is 31.4 Å². The van der Waals surface area contributed by atoms with Crippen LogP contribution in [0.4, 0.5) is 4.39 Å². The van der Waals surface area contributed by atoms with E-state index in [2.05, 4.69) is 36.7 Å². The highest BCUT2D eigenvalue weighted by atomic mass is 79.9. The largest absolute Gasteiger partial charge is 0.497 e. The van der Waals surface area contributed by atoms with Crippen molar-refractivity contribution in [1.29, 1.82) is 0 Å². The summed E-state index contributed by atoms with van der Waals surface area (Å²) >= 11 is 10.5. The molecule has 0 aliphatic heterocycles. The molecule has 1 heterocycles. The molecule has 3 aromatic carbocycles. The maximum absolute atomic E-state index is 13.8. The molecule has 1 N–H and O–H groups in total. The highest BCUT2D eigenvalue weighted by Crippen LogP contribution is 2.29. The Bertz CT molecular complexity index is 1360. The Morgan fingerprint density at radius 2 is 1.91 bits per heavy atom. The number of carbonyl (C=O) groups excluding carboxylic acids is 1. The van der Waals surface area contributed by atoms with Gasteiger partial charge < -0.3 is 4.74 Å². The number of benzene rings is 3. The number of hydrazone groups is 1. The molecule has 0 aliphatic rings. The summed E-state index contributed by atoms with van der Waals surface area (Å²) < 4.78 is 21.6. The number of carbonyl (C=O) groups is 1. The fourth-order valence-electron chi connectivity index (χ4n) is 3.06. The molecular weight excluding hydrogens is 557 g/mol. The number of nitrogens with one attached hydrogen (secondary N) is 1. The van der Waals surface area contributed by atoms with Gasteiger partial charge in [-0.1, -0.05) is 39.3 Å². The molecule has 178 valence electrons. The van der Waals surface area contributed by atoms with Gasteiger partial charge >= 0.3 is 0 Å². The smallest absolute Gasteiger partial charge is 0.250 e. The molecule has 7 nitrogen and oxygen atoms in total. The minimum absolute atomic E-state index is 0.0205. The number of nitrogens with zero attached hydrogens (tertiary/aromatic N) is 4. The van der Waals surface area contributed by atoms with Gasteiger partial charge in [-0.3, -0.25) is 9.36 Å². The fraction of sp³-hybridized carbons (Fsp3) is 0.0833. The maximum atomic E-state index is 13.8. The number of hydrogen-bond acceptors (Lipinski definition) is 6. The van der Waals surface area contributed by atoms with Gasteiger partial charge in [-0.25, -0.2) is 9.82 Å². The minimum atomic E-state index is -0.442. The van der Waals surface area contributed by atoms with Crippen LogP contribution >= 0.6 is 39.3 Å². The average Bonchev–Trinajstić information content (AvgIpc) is 3.29. The van der Waals surface area contributed by atoms with Crippen molar-refractivity contribution in [2.75, 3.05) is 12.9 Å². The van der Waals surface area contributed by atoms with Gasteiger partial charge in [0.05, 0.1) is 19.1 Å². The predicted molar refractivity (Wildman–Crippen MR) is 139 cm³/mol. The zero-order valence-electron chi connectivity index (χ0n) is 18.3. The quantitative estimate of drug-likeness (QED) is 0.165. The molecule has 1 aromatic heterocycles. The van der Waals surface area contributed by atoms with Crippen LogP contribution in [0.15, 0.2) is 81.5 Å². The molecular formula is C24H18BrClFN5O2S. The molecule has 0 radical (unpaired) electrons. The first-order valence-corrected chi connectivity index (χ1v) is 12.4. The van der Waals surface area contributed by atoms with Crippen molar-refractivity contribution in [3.05, 3.63) is 87.6 Å². The number of methoxy groups -OCH3 is 1. The van der Waals surface area contributed by atoms with Gasteiger partial charge in [0.2, 0.25) is 0 Å². The summed E-state index contributed by atoms with van der Waals surface area (Å²) in [6.07, 6.45) is 1.25. The molecule has 4 aromatic rings. The Kier molecular flexibility index (Phi) is 8.17. The lowest BCUT2D eigenvalue weighted by molar-refractivity contribution is -0.118. The summed E-state index contributed by atoms with van der Waals surface area (Å²) in [5, 5.41) is 13.6. The number of halogens is 3. The third-order valence-corrected chi connectivity index (χ3v) is 6.42. The van der Waals surface area contributed by atoms with E-state index in [0.29, 0.717) is 20.5 Å². The van der Waals surface area contributed by atoms with Gasteiger partial charge in [-0.05, 0) is 66.7 Å². The van der Waals surface area contributed by atoms with Crippen molar-refractivity contribution >= 4 is 51.4 Å². The van der Waals surface area contributed by atoms with Crippen LogP contribution in [0.3, 0.4) is 0 Å². The van der Waals surface area contributed by atoms with Crippen LogP contribution in [0.2, 0.25) is 5.02 Å². The topological polar surface area (TPSA) is 81.4 Å². The van der Waals surface area contributed by atoms with Gasteiger partial charge in [0.25, 0.3) is 5.91 Å². The first-order chi connectivity index (χ1) is 16.9. The van der Waals surface area contributed by atoms with E-state index in [1.807, 2.05) is 41.0 Å². The molecule has 0 atom stereocenters. The Morgan fingerprint density at radius 1 is 1.17 bits per heavy atom. The molecule has 0 saturated carbocycles. The standard InChI is InChI=1S/C24H18BrClFN5O2S/c1-34-20-9-2-15(3-10-20)23-30-31-24(32(23)19-7-5-18(26)6-8-19)35-14-22(33)29-28-13-16-12-17(25)4-11-21(16)27/h2-13H,14H2,1H3,(H,29,33). The molecule has 4 rings (SSSR count). The fourth-order valence-corrected chi connectivity index (χ4v) is 4.31. The number of thioether (sulfide) groups is 1. The van der Waals surface area contributed by atoms with Crippen LogP contribution in [0.25, 0.3) is 17.1 Å². The molecule has 0 aliphatic carbocycles. The minimum Gasteiger partial charge on any atom is -0.497 e. The monoisotopic (exact) mass is 573 g/mol. The van der Waals surface area contributed by atoms with E-state index >= 15 is 0 Å². The van der Waals surface area contributed by atoms with Crippen LogP contribution in [0.1, 0.15) is 5.56 Å². The molecule has 0 saturated heterocycles. The van der Waals surface area contributed by atoms with Gasteiger partial charge in [-0.15, -0.1) is 10.2 Å². The molecule has 0 unspecified atom stereocenters. The molecule has 0 fully saturated rings. The second-order valence-electron chi connectivity index (χ2n) is 7.09. The average molecular weight is 575 g/mol. The summed E-state index contributed by atoms with van der Waals surface area (Å²) in [4.78, 5) is 12.4. The van der Waals surface area contributed by atoms with Crippen LogP contribution in [-0.2, 0) is 4.79 Å². The van der Waals surface area contributed by atoms with Gasteiger partial charge in [0, 0.05) is 26.3 Å². The Hall–Kier alpha value is -3.21. The summed E-state index contributed by atoms with van der Waals surface area (Å²) in [6.45, 7) is 0. The second kappa shape index (κ2) is 11.5. The Balaban J connectivity index is 1.52. The van der Waals surface area contributed by atoms with Gasteiger partial charge in [0.1, 0.15) is 11.6 Å². The van der Waals surface area contributed by atoms with Crippen LogP contribution in [-0.4, -0.2) is 39.7 Å². The highest BCUT2D eigenvalue weighted by Gasteiger charge is 2.17. The van der Waals surface area contributed by atoms with Crippen LogP contribution in [0.5, 0.6) is 5.75 Å². The lowest BCUT2D eigenvalue weighted by atomic mass is 10.2. The van der Waals surface area contributed by atoms with Crippen molar-refractivity contribution in [2.45, 2.75) is 5.16 Å². The summed E-state index contributed by atoms with van der Waals surface area (Å²) in [5.74, 6) is 0.523. The van der Waals surface area contributed by atoms with Gasteiger partial charge in [-0.2, -0.15) is 5.10 Å². The van der Waals surface area contributed by atoms with Crippen molar-refractivity contribution in [1.82, 2.24) is 20.2 Å². The van der Waals surface area contributed by atoms with Crippen LogP contribution in [0, 0.1) is 5.82 Å². The second-order valence-corrected chi connectivity index (χ2v) is 9.39. The van der Waals surface area contributed by atoms with E-state index in [-0.39, 0.29) is 17.2 Å². The Labute approximate surface area is 218 Å². The zero-order chi connectivity index (χ0) is 24.8. The number of aromatic nitrogens is 3. The zero-order valence-corrected chi connectivity index (χ0v) is 21.4. The third-order valence-electron chi connectivity index (χ3n) is 4.75. The lowest BCUT2D eigenvalue weighted by Gasteiger charge is -2.11. The molecule has 0 bridgehead atoms. The molecule has 35 heavy (non-hydrogen) atoms. The normalized spacial score (nSPS) is 11.1. The van der Waals surface area contributed by atoms with Crippen molar-refractivity contribution in [3.8, 4) is 22.8 Å². The summed E-state index contributed by atoms with van der Waals surface area (Å²) in [7, 11) is 1.60. The van der Waals surface area contributed by atoms with E-state index in [0.717, 1.165) is 17.0 Å². The van der Waals surface area contributed by atoms with E-state index in [4.69, 9.17) is 16.3 Å². The van der Waals surface area contributed by atoms with Crippen LogP contribution < -0.4 is 10.2 Å². The molecule has 1 amide bonds. The number of amides is 1. The summed E-state index contributed by atoms with van der Waals surface area (Å²) in [5.41, 5.74) is 4.27. The van der Waals surface area contributed by atoms with E-state index in [1.165, 1.54) is 24.0 Å². The lowest BCUT2D eigenvalue weighted by Crippen LogP contribution is -2.20. The van der Waals surface area contributed by atoms with E-state index in [9.17, 15) is 9.18 Å². The predicted octanol–water partition coefficient (Wildman–Crippen LogP) is 5.74. The number of ether oxygens (including phenoxy) is 1. The van der Waals surface area contributed by atoms with E-state index < -0.39 is 5.82 Å². The van der Waals surface area contributed by atoms with Crippen molar-refractivity contribution in [2.24, 2.45) is 5.10 Å². The number of hydrogen-bond donors (Lipinski definition) is 1. The third kappa shape index (κ3) is 6.27. The summed E-state index contributed by atoms with van der Waals surface area (Å²) in [6, 6.07) is 19.1.